The normalized spacial score (nSPS) is 18.5. The van der Waals surface area contributed by atoms with Crippen LogP contribution in [-0.4, -0.2) is 0 Å². The molecule has 3 rings (SSSR count). The lowest BCUT2D eigenvalue weighted by Gasteiger charge is -2.29. The highest BCUT2D eigenvalue weighted by Crippen LogP contribution is 2.44. The van der Waals surface area contributed by atoms with Crippen LogP contribution in [0.15, 0.2) is 44.9 Å². The van der Waals surface area contributed by atoms with Gasteiger partial charge in [-0.1, -0.05) is 32.4 Å². The minimum atomic E-state index is -0.473. The molecule has 0 spiro atoms. The fourth-order valence-corrected chi connectivity index (χ4v) is 2.91. The van der Waals surface area contributed by atoms with E-state index in [1.807, 2.05) is 26.0 Å². The van der Waals surface area contributed by atoms with Crippen molar-refractivity contribution in [3.63, 3.8) is 0 Å². The van der Waals surface area contributed by atoms with Crippen molar-refractivity contribution in [3.8, 4) is 11.8 Å². The number of rotatable bonds is 2. The number of hydrogen-bond donors (Lipinski definition) is 1. The Bertz CT molecular complexity index is 874. The first-order valence-corrected chi connectivity index (χ1v) is 7.21. The van der Waals surface area contributed by atoms with Gasteiger partial charge in [0.1, 0.15) is 11.7 Å². The molecule has 1 aliphatic heterocycles. The summed E-state index contributed by atoms with van der Waals surface area (Å²) in [6.45, 7) is 3.99. The van der Waals surface area contributed by atoms with Crippen molar-refractivity contribution in [1.82, 2.24) is 0 Å². The van der Waals surface area contributed by atoms with Crippen molar-refractivity contribution in [2.45, 2.75) is 26.2 Å². The molecule has 1 aromatic carbocycles. The van der Waals surface area contributed by atoms with Crippen LogP contribution in [-0.2, 0) is 0 Å². The average molecular weight is 296 g/mol. The first-order valence-electron chi connectivity index (χ1n) is 7.21. The van der Waals surface area contributed by atoms with Gasteiger partial charge >= 0.3 is 5.63 Å². The number of ether oxygens (including phenoxy) is 1. The van der Waals surface area contributed by atoms with Gasteiger partial charge in [0, 0.05) is 5.92 Å². The van der Waals surface area contributed by atoms with E-state index in [0.717, 1.165) is 6.42 Å². The molecule has 0 saturated heterocycles. The molecule has 0 bridgehead atoms. The van der Waals surface area contributed by atoms with Gasteiger partial charge in [0.15, 0.2) is 5.75 Å². The molecule has 0 amide bonds. The number of nitriles is 1. The summed E-state index contributed by atoms with van der Waals surface area (Å²) in [5.74, 6) is 0.143. The van der Waals surface area contributed by atoms with E-state index in [1.54, 1.807) is 12.1 Å². The van der Waals surface area contributed by atoms with E-state index >= 15 is 0 Å². The van der Waals surface area contributed by atoms with Gasteiger partial charge < -0.3 is 14.9 Å². The summed E-state index contributed by atoms with van der Waals surface area (Å²) >= 11 is 0. The summed E-state index contributed by atoms with van der Waals surface area (Å²) in [6, 6.07) is 9.23. The van der Waals surface area contributed by atoms with Crippen molar-refractivity contribution in [2.75, 3.05) is 0 Å². The fraction of sp³-hybridized carbons (Fsp3) is 0.294. The van der Waals surface area contributed by atoms with Crippen LogP contribution in [0.4, 0.5) is 0 Å². The molecule has 5 heteroatoms. The maximum Gasteiger partial charge on any atom is 0.343 e. The minimum Gasteiger partial charge on any atom is -0.439 e. The maximum absolute atomic E-state index is 12.5. The number of nitrogens with two attached hydrogens (primary N) is 1. The summed E-state index contributed by atoms with van der Waals surface area (Å²) in [6.07, 6.45) is 0.800. The minimum absolute atomic E-state index is 0.0658. The van der Waals surface area contributed by atoms with E-state index in [4.69, 9.17) is 14.9 Å². The topological polar surface area (TPSA) is 89.3 Å². The van der Waals surface area contributed by atoms with E-state index in [1.165, 1.54) is 0 Å². The monoisotopic (exact) mass is 296 g/mol. The lowest BCUT2D eigenvalue weighted by Crippen LogP contribution is -2.28. The molecule has 22 heavy (non-hydrogen) atoms. The molecule has 2 heterocycles. The number of allylic oxidation sites excluding steroid dienone is 1. The third-order valence-electron chi connectivity index (χ3n) is 4.23. The molecule has 0 saturated carbocycles. The molecule has 2 aromatic rings. The third kappa shape index (κ3) is 1.96. The van der Waals surface area contributed by atoms with Gasteiger partial charge in [-0.2, -0.15) is 5.26 Å². The van der Waals surface area contributed by atoms with E-state index in [0.29, 0.717) is 27.9 Å². The molecule has 1 aliphatic rings. The molecule has 2 atom stereocenters. The number of fused-ring (bicyclic) bond motifs is 3. The van der Waals surface area contributed by atoms with Crippen LogP contribution in [0.2, 0.25) is 0 Å². The first kappa shape index (κ1) is 14.2. The highest BCUT2D eigenvalue weighted by atomic mass is 16.5. The summed E-state index contributed by atoms with van der Waals surface area (Å²) in [5, 5.41) is 10.1. The van der Waals surface area contributed by atoms with Crippen molar-refractivity contribution in [1.29, 1.82) is 5.26 Å². The zero-order valence-corrected chi connectivity index (χ0v) is 12.4. The van der Waals surface area contributed by atoms with Gasteiger partial charge in [-0.3, -0.25) is 0 Å². The third-order valence-corrected chi connectivity index (χ3v) is 4.23. The van der Waals surface area contributed by atoms with Crippen LogP contribution in [0.5, 0.6) is 5.75 Å². The molecule has 0 fully saturated rings. The average Bonchev–Trinajstić information content (AvgIpc) is 2.53. The summed E-state index contributed by atoms with van der Waals surface area (Å²) in [4.78, 5) is 12.5. The van der Waals surface area contributed by atoms with Crippen molar-refractivity contribution >= 4 is 11.0 Å². The molecule has 0 radical (unpaired) electrons. The predicted molar refractivity (Wildman–Crippen MR) is 82.1 cm³/mol. The van der Waals surface area contributed by atoms with Crippen molar-refractivity contribution in [2.24, 2.45) is 11.7 Å². The van der Waals surface area contributed by atoms with Crippen LogP contribution >= 0.6 is 0 Å². The SMILES string of the molecule is CCC(C)C1C(C#N)=C(N)Oc2c1c(=O)oc1ccccc21. The van der Waals surface area contributed by atoms with Crippen LogP contribution in [0.25, 0.3) is 11.0 Å². The summed E-state index contributed by atoms with van der Waals surface area (Å²) in [5.41, 5.74) is 6.59. The number of hydrogen-bond acceptors (Lipinski definition) is 5. The molecule has 0 aliphatic carbocycles. The number of benzene rings is 1. The van der Waals surface area contributed by atoms with E-state index in [-0.39, 0.29) is 11.8 Å². The lowest BCUT2D eigenvalue weighted by atomic mass is 9.79. The Hall–Kier alpha value is -2.74. The first-order chi connectivity index (χ1) is 10.6. The Morgan fingerprint density at radius 2 is 2.14 bits per heavy atom. The van der Waals surface area contributed by atoms with E-state index in [2.05, 4.69) is 6.07 Å². The molecule has 112 valence electrons. The lowest BCUT2D eigenvalue weighted by molar-refractivity contribution is 0.355. The Kier molecular flexibility index (Phi) is 3.38. The maximum atomic E-state index is 12.5. The smallest absolute Gasteiger partial charge is 0.343 e. The summed E-state index contributed by atoms with van der Waals surface area (Å²) in [7, 11) is 0. The Morgan fingerprint density at radius 3 is 2.82 bits per heavy atom. The number of para-hydroxylation sites is 1. The largest absolute Gasteiger partial charge is 0.439 e. The van der Waals surface area contributed by atoms with Crippen LogP contribution in [0.1, 0.15) is 31.7 Å². The van der Waals surface area contributed by atoms with E-state index < -0.39 is 11.5 Å². The summed E-state index contributed by atoms with van der Waals surface area (Å²) < 4.78 is 11.0. The molecule has 5 nitrogen and oxygen atoms in total. The quantitative estimate of drug-likeness (QED) is 0.860. The second-order valence-electron chi connectivity index (χ2n) is 5.48. The number of nitrogens with zero attached hydrogens (tertiary/aromatic N) is 1. The highest BCUT2D eigenvalue weighted by molar-refractivity contribution is 5.85. The Labute approximate surface area is 127 Å². The van der Waals surface area contributed by atoms with Crippen LogP contribution < -0.4 is 16.1 Å². The van der Waals surface area contributed by atoms with E-state index in [9.17, 15) is 10.1 Å². The molecule has 2 unspecified atom stereocenters. The highest BCUT2D eigenvalue weighted by Gasteiger charge is 2.36. The van der Waals surface area contributed by atoms with Gasteiger partial charge in [0.05, 0.1) is 16.5 Å². The second kappa shape index (κ2) is 5.23. The Morgan fingerprint density at radius 1 is 1.41 bits per heavy atom. The predicted octanol–water partition coefficient (Wildman–Crippen LogP) is 3.01. The molecular weight excluding hydrogens is 280 g/mol. The zero-order valence-electron chi connectivity index (χ0n) is 12.4. The van der Waals surface area contributed by atoms with Gasteiger partial charge in [0.25, 0.3) is 0 Å². The molecule has 2 N–H and O–H groups in total. The van der Waals surface area contributed by atoms with Crippen molar-refractivity contribution < 1.29 is 9.15 Å². The van der Waals surface area contributed by atoms with Gasteiger partial charge in [-0.15, -0.1) is 0 Å². The van der Waals surface area contributed by atoms with Gasteiger partial charge in [0.2, 0.25) is 5.88 Å². The molecule has 1 aromatic heterocycles. The standard InChI is InChI=1S/C17H16N2O3/c1-3-9(2)13-11(8-18)16(19)22-15-10-6-4-5-7-12(10)21-17(20)14(13)15/h4-7,9,13H,3,19H2,1-2H3. The van der Waals surface area contributed by atoms with Gasteiger partial charge in [-0.25, -0.2) is 4.79 Å². The molecular formula is C17H16N2O3. The van der Waals surface area contributed by atoms with Gasteiger partial charge in [-0.05, 0) is 18.1 Å². The van der Waals surface area contributed by atoms with Crippen LogP contribution in [0, 0.1) is 17.2 Å². The fourth-order valence-electron chi connectivity index (χ4n) is 2.91. The van der Waals surface area contributed by atoms with Crippen molar-refractivity contribution in [3.05, 3.63) is 51.7 Å². The Balaban J connectivity index is 2.38. The second-order valence-corrected chi connectivity index (χ2v) is 5.48. The zero-order chi connectivity index (χ0) is 15.9. The van der Waals surface area contributed by atoms with Crippen LogP contribution in [0.3, 0.4) is 0 Å².